The van der Waals surface area contributed by atoms with Gasteiger partial charge in [0.05, 0.1) is 5.69 Å². The Morgan fingerprint density at radius 3 is 2.89 bits per heavy atom. The van der Waals surface area contributed by atoms with Gasteiger partial charge in [0, 0.05) is 17.3 Å². The van der Waals surface area contributed by atoms with E-state index in [1.165, 1.54) is 6.20 Å². The van der Waals surface area contributed by atoms with E-state index in [0.29, 0.717) is 5.69 Å². The highest BCUT2D eigenvalue weighted by molar-refractivity contribution is 4.97. The number of aryl methyl sites for hydroxylation is 1. The van der Waals surface area contributed by atoms with E-state index in [2.05, 4.69) is 10.3 Å². The Balaban J connectivity index is 2.92. The van der Waals surface area contributed by atoms with Crippen molar-refractivity contribution in [2.24, 2.45) is 6.98 Å². The predicted molar refractivity (Wildman–Crippen MR) is 35.1 cm³/mol. The fourth-order valence-corrected chi connectivity index (χ4v) is 0.541. The summed E-state index contributed by atoms with van der Waals surface area (Å²) in [6, 6.07) is 0. The van der Waals surface area contributed by atoms with E-state index >= 15 is 0 Å². The summed E-state index contributed by atoms with van der Waals surface area (Å²) in [6.45, 7) is 1.67. The highest BCUT2D eigenvalue weighted by Gasteiger charge is 2.00. The second kappa shape index (κ2) is 2.17. The molecule has 0 aromatic carbocycles. The Hall–Kier alpha value is -0.860. The Morgan fingerprint density at radius 2 is 2.56 bits per heavy atom. The maximum absolute atomic E-state index is 7.02. The van der Waals surface area contributed by atoms with Gasteiger partial charge in [-0.3, -0.25) is 4.68 Å². The van der Waals surface area contributed by atoms with Gasteiger partial charge in [-0.1, -0.05) is 19.1 Å². The molecule has 0 unspecified atom stereocenters. The third-order valence-corrected chi connectivity index (χ3v) is 1.10. The summed E-state index contributed by atoms with van der Waals surface area (Å²) in [6.07, 6.45) is 1.46. The van der Waals surface area contributed by atoms with Crippen LogP contribution in [-0.4, -0.2) is 15.0 Å². The quantitative estimate of drug-likeness (QED) is 0.563. The van der Waals surface area contributed by atoms with Crippen molar-refractivity contribution >= 4 is 0 Å². The average molecular weight is 128 g/mol. The third-order valence-electron chi connectivity index (χ3n) is 1.10. The van der Waals surface area contributed by atoms with Crippen LogP contribution >= 0.6 is 0 Å². The molecule has 3 heteroatoms. The van der Waals surface area contributed by atoms with Crippen LogP contribution in [-0.2, 0) is 6.98 Å². The van der Waals surface area contributed by atoms with Crippen molar-refractivity contribution in [3.63, 3.8) is 0 Å². The van der Waals surface area contributed by atoms with Crippen molar-refractivity contribution in [2.45, 2.75) is 19.8 Å². The maximum atomic E-state index is 7.02. The molecule has 0 spiro atoms. The lowest BCUT2D eigenvalue weighted by Crippen LogP contribution is -1.85. The van der Waals surface area contributed by atoms with E-state index in [0.717, 1.165) is 4.68 Å². The number of hydrogen-bond donors (Lipinski definition) is 0. The number of rotatable bonds is 1. The smallest absolute Gasteiger partial charge is 0.0852 e. The van der Waals surface area contributed by atoms with Gasteiger partial charge in [-0.2, -0.15) is 0 Å². The lowest BCUT2D eigenvalue weighted by Gasteiger charge is -1.93. The van der Waals surface area contributed by atoms with Gasteiger partial charge in [0.1, 0.15) is 0 Å². The summed E-state index contributed by atoms with van der Waals surface area (Å²) >= 11 is 0. The van der Waals surface area contributed by atoms with Crippen molar-refractivity contribution in [3.8, 4) is 0 Å². The minimum Gasteiger partial charge on any atom is -0.255 e. The Morgan fingerprint density at radius 1 is 1.78 bits per heavy atom. The fraction of sp³-hybridized carbons (Fsp3) is 0.667. The summed E-state index contributed by atoms with van der Waals surface area (Å²) in [5.41, 5.74) is 0.700. The molecular weight excluding hydrogens is 114 g/mol. The number of nitrogens with zero attached hydrogens (tertiary/aromatic N) is 3. The third kappa shape index (κ3) is 1.28. The summed E-state index contributed by atoms with van der Waals surface area (Å²) < 4.78 is 22.0. The standard InChI is InChI=1S/C6H11N3/c1-5(2)6-4-9(3)8-7-6/h4-5H,1-3H3/i3D3. The predicted octanol–water partition coefficient (Wildman–Crippen LogP) is 0.939. The minimum atomic E-state index is -2.21. The minimum absolute atomic E-state index is 0.209. The van der Waals surface area contributed by atoms with Crippen molar-refractivity contribution < 1.29 is 4.11 Å². The van der Waals surface area contributed by atoms with Gasteiger partial charge in [-0.25, -0.2) is 0 Å². The Labute approximate surface area is 58.9 Å². The van der Waals surface area contributed by atoms with Crippen LogP contribution in [0.5, 0.6) is 0 Å². The lowest BCUT2D eigenvalue weighted by molar-refractivity contribution is 0.710. The number of aromatic nitrogens is 3. The molecule has 1 aromatic heterocycles. The van der Waals surface area contributed by atoms with Crippen LogP contribution in [0.25, 0.3) is 0 Å². The molecule has 3 nitrogen and oxygen atoms in total. The highest BCUT2D eigenvalue weighted by atomic mass is 15.4. The first-order valence-corrected chi connectivity index (χ1v) is 2.84. The summed E-state index contributed by atoms with van der Waals surface area (Å²) in [7, 11) is 0. The molecule has 0 bridgehead atoms. The van der Waals surface area contributed by atoms with E-state index in [1.807, 2.05) is 13.8 Å². The van der Waals surface area contributed by atoms with Gasteiger partial charge in [0.2, 0.25) is 0 Å². The molecule has 9 heavy (non-hydrogen) atoms. The van der Waals surface area contributed by atoms with E-state index in [4.69, 9.17) is 4.11 Å². The van der Waals surface area contributed by atoms with Crippen LogP contribution < -0.4 is 0 Å². The van der Waals surface area contributed by atoms with Crippen molar-refractivity contribution in [1.82, 2.24) is 15.0 Å². The molecule has 1 aromatic rings. The van der Waals surface area contributed by atoms with E-state index < -0.39 is 6.98 Å². The monoisotopic (exact) mass is 128 g/mol. The van der Waals surface area contributed by atoms with Gasteiger partial charge in [0.15, 0.2) is 0 Å². The zero-order valence-electron chi connectivity index (χ0n) is 8.50. The van der Waals surface area contributed by atoms with Crippen molar-refractivity contribution in [2.75, 3.05) is 0 Å². The summed E-state index contributed by atoms with van der Waals surface area (Å²) in [5.74, 6) is 0.209. The molecule has 50 valence electrons. The second-order valence-electron chi connectivity index (χ2n) is 2.24. The molecule has 0 saturated heterocycles. The van der Waals surface area contributed by atoms with E-state index in [9.17, 15) is 0 Å². The molecule has 0 atom stereocenters. The summed E-state index contributed by atoms with van der Waals surface area (Å²) in [4.78, 5) is 0. The molecule has 0 N–H and O–H groups in total. The van der Waals surface area contributed by atoms with Gasteiger partial charge in [-0.15, -0.1) is 5.10 Å². The first-order chi connectivity index (χ1) is 5.41. The van der Waals surface area contributed by atoms with Crippen LogP contribution in [0.1, 0.15) is 29.6 Å². The molecule has 1 heterocycles. The molecule has 0 aliphatic rings. The fourth-order valence-electron chi connectivity index (χ4n) is 0.541. The largest absolute Gasteiger partial charge is 0.255 e. The molecule has 1 rings (SSSR count). The van der Waals surface area contributed by atoms with E-state index in [1.54, 1.807) is 0 Å². The maximum Gasteiger partial charge on any atom is 0.0852 e. The van der Waals surface area contributed by atoms with Crippen LogP contribution in [0.4, 0.5) is 0 Å². The highest BCUT2D eigenvalue weighted by Crippen LogP contribution is 2.07. The van der Waals surface area contributed by atoms with Crippen molar-refractivity contribution in [3.05, 3.63) is 11.9 Å². The topological polar surface area (TPSA) is 30.7 Å². The second-order valence-corrected chi connectivity index (χ2v) is 2.24. The normalized spacial score (nSPS) is 17.0. The van der Waals surface area contributed by atoms with Crippen LogP contribution in [0.3, 0.4) is 0 Å². The molecule has 0 saturated carbocycles. The molecule has 0 aliphatic heterocycles. The molecule has 0 radical (unpaired) electrons. The molecule has 0 amide bonds. The van der Waals surface area contributed by atoms with Crippen molar-refractivity contribution in [1.29, 1.82) is 0 Å². The SMILES string of the molecule is [2H]C([2H])([2H])n1cc(C(C)C)nn1. The first kappa shape index (κ1) is 3.34. The zero-order chi connectivity index (χ0) is 9.35. The summed E-state index contributed by atoms with van der Waals surface area (Å²) in [5, 5.41) is 7.25. The van der Waals surface area contributed by atoms with Gasteiger partial charge in [0.25, 0.3) is 0 Å². The lowest BCUT2D eigenvalue weighted by atomic mass is 10.2. The average Bonchev–Trinajstić information content (AvgIpc) is 2.30. The van der Waals surface area contributed by atoms with Crippen LogP contribution in [0, 0.1) is 0 Å². The van der Waals surface area contributed by atoms with Gasteiger partial charge >= 0.3 is 0 Å². The van der Waals surface area contributed by atoms with Gasteiger partial charge < -0.3 is 0 Å². The Bertz CT molecular complexity index is 263. The molecule has 0 aliphatic carbocycles. The first-order valence-electron chi connectivity index (χ1n) is 4.34. The van der Waals surface area contributed by atoms with Gasteiger partial charge in [-0.05, 0) is 5.92 Å². The zero-order valence-corrected chi connectivity index (χ0v) is 5.50. The molecule has 0 fully saturated rings. The van der Waals surface area contributed by atoms with Crippen LogP contribution in [0.2, 0.25) is 0 Å². The Kier molecular flexibility index (Phi) is 0.806. The van der Waals surface area contributed by atoms with Crippen LogP contribution in [0.15, 0.2) is 6.20 Å². The molecular formula is C6H11N3. The number of hydrogen-bond acceptors (Lipinski definition) is 2. The van der Waals surface area contributed by atoms with E-state index in [-0.39, 0.29) is 5.92 Å².